The molecular weight excluding hydrogens is 452 g/mol. The van der Waals surface area contributed by atoms with Crippen LogP contribution in [0.4, 0.5) is 5.69 Å². The number of aromatic nitrogens is 3. The van der Waals surface area contributed by atoms with Crippen LogP contribution in [0.1, 0.15) is 18.9 Å². The Bertz CT molecular complexity index is 1370. The van der Waals surface area contributed by atoms with E-state index in [9.17, 15) is 9.59 Å². The number of carbonyl (C=O) groups is 1. The Labute approximate surface area is 178 Å². The van der Waals surface area contributed by atoms with E-state index in [0.29, 0.717) is 27.4 Å². The van der Waals surface area contributed by atoms with Gasteiger partial charge in [0, 0.05) is 22.1 Å². The third kappa shape index (κ3) is 2.82. The molecule has 0 atom stereocenters. The van der Waals surface area contributed by atoms with Crippen LogP contribution in [0.15, 0.2) is 57.8 Å². The largest absolute Gasteiger partial charge is 0.308 e. The van der Waals surface area contributed by atoms with Crippen LogP contribution in [-0.4, -0.2) is 27.0 Å². The number of rotatable bonds is 3. The highest BCUT2D eigenvalue weighted by Gasteiger charge is 2.33. The molecule has 0 N–H and O–H groups in total. The van der Waals surface area contributed by atoms with Gasteiger partial charge < -0.3 is 4.90 Å². The number of amides is 1. The number of hydrogen-bond donors (Lipinski definition) is 0. The van der Waals surface area contributed by atoms with E-state index >= 15 is 0 Å². The zero-order valence-corrected chi connectivity index (χ0v) is 17.8. The molecule has 0 unspecified atom stereocenters. The van der Waals surface area contributed by atoms with Crippen LogP contribution in [0.25, 0.3) is 21.9 Å². The van der Waals surface area contributed by atoms with Crippen LogP contribution >= 0.6 is 27.3 Å². The van der Waals surface area contributed by atoms with Crippen molar-refractivity contribution < 1.29 is 4.79 Å². The molecular formula is C21H15BrN4O2S. The van der Waals surface area contributed by atoms with Gasteiger partial charge in [-0.3, -0.25) is 9.59 Å². The molecule has 0 saturated carbocycles. The molecule has 1 aliphatic rings. The number of halogens is 1. The van der Waals surface area contributed by atoms with Gasteiger partial charge in [-0.05, 0) is 24.6 Å². The van der Waals surface area contributed by atoms with Gasteiger partial charge in [-0.15, -0.1) is 5.10 Å². The number of hydrogen-bond acceptors (Lipinski definition) is 5. The summed E-state index contributed by atoms with van der Waals surface area (Å²) in [6.07, 6.45) is 0.837. The van der Waals surface area contributed by atoms with Crippen molar-refractivity contribution in [3.63, 3.8) is 0 Å². The van der Waals surface area contributed by atoms with E-state index in [1.807, 2.05) is 55.5 Å². The predicted molar refractivity (Wildman–Crippen MR) is 117 cm³/mol. The van der Waals surface area contributed by atoms with Crippen molar-refractivity contribution in [1.82, 2.24) is 14.6 Å². The fraction of sp³-hybridized carbons (Fsp3) is 0.143. The van der Waals surface area contributed by atoms with Crippen molar-refractivity contribution in [2.24, 2.45) is 0 Å². The molecule has 1 aliphatic heterocycles. The lowest BCUT2D eigenvalue weighted by Crippen LogP contribution is -2.32. The molecule has 2 aromatic heterocycles. The van der Waals surface area contributed by atoms with E-state index in [0.717, 1.165) is 27.7 Å². The van der Waals surface area contributed by atoms with Crippen LogP contribution in [-0.2, 0) is 4.79 Å². The topological polar surface area (TPSA) is 67.6 Å². The van der Waals surface area contributed by atoms with Gasteiger partial charge in [-0.2, -0.15) is 9.50 Å². The minimum absolute atomic E-state index is 0.136. The Morgan fingerprint density at radius 2 is 1.83 bits per heavy atom. The second-order valence-corrected chi connectivity index (χ2v) is 8.62. The molecule has 1 amide bonds. The van der Waals surface area contributed by atoms with E-state index in [2.05, 4.69) is 26.0 Å². The average Bonchev–Trinajstić information content (AvgIpc) is 3.35. The standard InChI is InChI=1S/C21H15BrN4O2S/c1-2-11-25-15-6-4-3-5-14(15)16(19(25)27)17-20(28)26-21(29-17)23-18(24-26)12-7-9-13(22)10-8-12/h3-10H,2,11H2,1H3/b17-16-. The number of nitrogens with zero attached hydrogens (tertiary/aromatic N) is 4. The average molecular weight is 467 g/mol. The summed E-state index contributed by atoms with van der Waals surface area (Å²) in [4.78, 5) is 33.0. The molecule has 0 fully saturated rings. The Balaban J connectivity index is 1.71. The lowest BCUT2D eigenvalue weighted by atomic mass is 10.1. The lowest BCUT2D eigenvalue weighted by molar-refractivity contribution is -0.113. The first-order valence-corrected chi connectivity index (χ1v) is 10.8. The first-order chi connectivity index (χ1) is 14.1. The Kier molecular flexibility index (Phi) is 4.33. The summed E-state index contributed by atoms with van der Waals surface area (Å²) >= 11 is 4.62. The van der Waals surface area contributed by atoms with Crippen molar-refractivity contribution in [3.05, 3.63) is 73.5 Å². The summed E-state index contributed by atoms with van der Waals surface area (Å²) in [6.45, 7) is 2.64. The molecule has 3 heterocycles. The molecule has 0 saturated heterocycles. The molecule has 6 nitrogen and oxygen atoms in total. The summed E-state index contributed by atoms with van der Waals surface area (Å²) in [7, 11) is 0. The van der Waals surface area contributed by atoms with E-state index in [1.165, 1.54) is 15.9 Å². The second kappa shape index (κ2) is 6.89. The number of benzene rings is 2. The van der Waals surface area contributed by atoms with Gasteiger partial charge >= 0.3 is 0 Å². The number of para-hydroxylation sites is 1. The van der Waals surface area contributed by atoms with Crippen molar-refractivity contribution in [2.75, 3.05) is 11.4 Å². The first-order valence-electron chi connectivity index (χ1n) is 9.19. The van der Waals surface area contributed by atoms with Crippen molar-refractivity contribution in [3.8, 4) is 11.4 Å². The normalized spacial score (nSPS) is 15.4. The maximum atomic E-state index is 13.1. The molecule has 8 heteroatoms. The van der Waals surface area contributed by atoms with Gasteiger partial charge in [0.1, 0.15) is 4.53 Å². The van der Waals surface area contributed by atoms with E-state index in [4.69, 9.17) is 0 Å². The smallest absolute Gasteiger partial charge is 0.291 e. The highest BCUT2D eigenvalue weighted by Crippen LogP contribution is 2.35. The van der Waals surface area contributed by atoms with Gasteiger partial charge in [0.25, 0.3) is 11.5 Å². The molecule has 0 spiro atoms. The number of anilines is 1. The summed E-state index contributed by atoms with van der Waals surface area (Å²) in [5.74, 6) is 0.353. The van der Waals surface area contributed by atoms with Crippen LogP contribution in [0.3, 0.4) is 0 Å². The summed E-state index contributed by atoms with van der Waals surface area (Å²) in [5.41, 5.74) is 2.61. The molecule has 0 radical (unpaired) electrons. The number of carbonyl (C=O) groups excluding carboxylic acids is 1. The third-order valence-electron chi connectivity index (χ3n) is 4.86. The predicted octanol–water partition coefficient (Wildman–Crippen LogP) is 3.26. The SMILES string of the molecule is CCCN1C(=O)/C(=c2\sc3nc(-c4ccc(Br)cc4)nn3c2=O)c2ccccc21. The van der Waals surface area contributed by atoms with Crippen LogP contribution in [0.5, 0.6) is 0 Å². The van der Waals surface area contributed by atoms with Crippen molar-refractivity contribution in [1.29, 1.82) is 0 Å². The van der Waals surface area contributed by atoms with E-state index < -0.39 is 0 Å². The zero-order chi connectivity index (χ0) is 20.1. The molecule has 2 aromatic carbocycles. The molecule has 0 bridgehead atoms. The minimum Gasteiger partial charge on any atom is -0.308 e. The maximum absolute atomic E-state index is 13.1. The van der Waals surface area contributed by atoms with Gasteiger partial charge in [0.15, 0.2) is 5.82 Å². The molecule has 0 aliphatic carbocycles. The fourth-order valence-corrected chi connectivity index (χ4v) is 4.81. The third-order valence-corrected chi connectivity index (χ3v) is 6.42. The zero-order valence-electron chi connectivity index (χ0n) is 15.4. The maximum Gasteiger partial charge on any atom is 0.291 e. The highest BCUT2D eigenvalue weighted by atomic mass is 79.9. The number of fused-ring (bicyclic) bond motifs is 2. The molecule has 29 heavy (non-hydrogen) atoms. The van der Waals surface area contributed by atoms with Gasteiger partial charge in [0.2, 0.25) is 4.96 Å². The van der Waals surface area contributed by atoms with Crippen LogP contribution in [0.2, 0.25) is 0 Å². The molecule has 5 rings (SSSR count). The Morgan fingerprint density at radius 1 is 1.07 bits per heavy atom. The van der Waals surface area contributed by atoms with Crippen LogP contribution in [0, 0.1) is 0 Å². The van der Waals surface area contributed by atoms with Gasteiger partial charge in [-0.25, -0.2) is 0 Å². The summed E-state index contributed by atoms with van der Waals surface area (Å²) in [6, 6.07) is 15.2. The molecule has 4 aromatic rings. The van der Waals surface area contributed by atoms with Crippen LogP contribution < -0.4 is 15.0 Å². The fourth-order valence-electron chi connectivity index (χ4n) is 3.55. The highest BCUT2D eigenvalue weighted by molar-refractivity contribution is 9.10. The summed E-state index contributed by atoms with van der Waals surface area (Å²) < 4.78 is 2.64. The van der Waals surface area contributed by atoms with E-state index in [1.54, 1.807) is 4.90 Å². The van der Waals surface area contributed by atoms with Gasteiger partial charge in [-0.1, -0.05) is 64.5 Å². The Hall–Kier alpha value is -2.84. The first kappa shape index (κ1) is 18.2. The summed E-state index contributed by atoms with van der Waals surface area (Å²) in [5, 5.41) is 4.39. The monoisotopic (exact) mass is 466 g/mol. The minimum atomic E-state index is -0.308. The van der Waals surface area contributed by atoms with Crippen molar-refractivity contribution >= 4 is 49.4 Å². The quantitative estimate of drug-likeness (QED) is 0.464. The van der Waals surface area contributed by atoms with Crippen molar-refractivity contribution in [2.45, 2.75) is 13.3 Å². The number of thiazole rings is 1. The Morgan fingerprint density at radius 3 is 2.55 bits per heavy atom. The van der Waals surface area contributed by atoms with E-state index in [-0.39, 0.29) is 11.5 Å². The second-order valence-electron chi connectivity index (χ2n) is 6.72. The molecule has 144 valence electrons. The lowest BCUT2D eigenvalue weighted by Gasteiger charge is -2.15. The van der Waals surface area contributed by atoms with Gasteiger partial charge in [0.05, 0.1) is 11.3 Å².